The van der Waals surface area contributed by atoms with Crippen LogP contribution in [0.1, 0.15) is 68.2 Å². The lowest BCUT2D eigenvalue weighted by molar-refractivity contribution is -0.161. The van der Waals surface area contributed by atoms with Crippen LogP contribution in [-0.4, -0.2) is 75.3 Å². The molecule has 12 heteroatoms. The van der Waals surface area contributed by atoms with E-state index >= 15 is 0 Å². The van der Waals surface area contributed by atoms with Gasteiger partial charge >= 0.3 is 11.9 Å². The van der Waals surface area contributed by atoms with Crippen molar-refractivity contribution >= 4 is 45.2 Å². The number of methoxy groups -OCH3 is 1. The Hall–Kier alpha value is -3.93. The summed E-state index contributed by atoms with van der Waals surface area (Å²) in [6, 6.07) is 6.36. The van der Waals surface area contributed by atoms with E-state index in [1.54, 1.807) is 46.1 Å². The number of carbonyl (C=O) groups is 3. The zero-order chi connectivity index (χ0) is 33.3. The molecule has 3 aromatic rings. The average molecular weight is 641 g/mol. The maximum absolute atomic E-state index is 14.0. The number of pyridine rings is 1. The predicted molar refractivity (Wildman–Crippen MR) is 174 cm³/mol. The van der Waals surface area contributed by atoms with Crippen molar-refractivity contribution in [2.45, 2.75) is 92.0 Å². The van der Waals surface area contributed by atoms with E-state index in [1.165, 1.54) is 16.2 Å². The maximum Gasteiger partial charge on any atom is 0.326 e. The lowest BCUT2D eigenvalue weighted by atomic mass is 9.77. The zero-order valence-electron chi connectivity index (χ0n) is 27.5. The number of carbonyl (C=O) groups excluding carboxylic acids is 2. The summed E-state index contributed by atoms with van der Waals surface area (Å²) in [7, 11) is 1.58. The lowest BCUT2D eigenvalue weighted by Gasteiger charge is -2.34. The number of hydrogen-bond donors (Lipinski definition) is 2. The Bertz CT molecular complexity index is 1560. The molecule has 0 saturated carbocycles. The van der Waals surface area contributed by atoms with Crippen LogP contribution in [0.4, 0.5) is 5.13 Å². The van der Waals surface area contributed by atoms with Crippen LogP contribution in [0.25, 0.3) is 22.3 Å². The molecule has 0 aliphatic carbocycles. The van der Waals surface area contributed by atoms with Gasteiger partial charge in [0.2, 0.25) is 5.91 Å². The summed E-state index contributed by atoms with van der Waals surface area (Å²) in [4.78, 5) is 50.0. The van der Waals surface area contributed by atoms with Crippen molar-refractivity contribution in [1.29, 1.82) is 0 Å². The average Bonchev–Trinajstić information content (AvgIpc) is 3.56. The summed E-state index contributed by atoms with van der Waals surface area (Å²) in [5.74, 6) is -1.71. The molecule has 1 aliphatic heterocycles. The number of carboxylic acids is 1. The summed E-state index contributed by atoms with van der Waals surface area (Å²) in [5.41, 5.74) is 0.547. The number of benzene rings is 1. The Kier molecular flexibility index (Phi) is 9.96. The molecule has 1 fully saturated rings. The van der Waals surface area contributed by atoms with E-state index in [0.717, 1.165) is 5.13 Å². The number of anilines is 1. The molecule has 4 rings (SSSR count). The molecule has 0 bridgehead atoms. The van der Waals surface area contributed by atoms with E-state index in [1.807, 2.05) is 46.1 Å². The zero-order valence-corrected chi connectivity index (χ0v) is 28.3. The Balaban J connectivity index is 1.65. The van der Waals surface area contributed by atoms with Crippen LogP contribution in [-0.2, 0) is 19.1 Å². The first-order chi connectivity index (χ1) is 20.9. The Morgan fingerprint density at radius 3 is 2.40 bits per heavy atom. The number of aliphatic carboxylic acids is 1. The van der Waals surface area contributed by atoms with Crippen molar-refractivity contribution in [3.8, 4) is 22.9 Å². The van der Waals surface area contributed by atoms with Crippen molar-refractivity contribution in [3.63, 3.8) is 0 Å². The van der Waals surface area contributed by atoms with E-state index in [9.17, 15) is 19.5 Å². The number of esters is 1. The highest BCUT2D eigenvalue weighted by molar-refractivity contribution is 7.14. The predicted octanol–water partition coefficient (Wildman–Crippen LogP) is 6.01. The number of ether oxygens (including phenoxy) is 3. The van der Waals surface area contributed by atoms with E-state index in [4.69, 9.17) is 24.2 Å². The summed E-state index contributed by atoms with van der Waals surface area (Å²) in [6.45, 7) is 15.0. The highest BCUT2D eigenvalue weighted by Crippen LogP contribution is 2.37. The molecule has 3 atom stereocenters. The van der Waals surface area contributed by atoms with E-state index < -0.39 is 46.9 Å². The Morgan fingerprint density at radius 2 is 1.80 bits per heavy atom. The first-order valence-electron chi connectivity index (χ1n) is 15.1. The molecular formula is C33H44N4O7S. The van der Waals surface area contributed by atoms with Crippen LogP contribution in [0.2, 0.25) is 0 Å². The van der Waals surface area contributed by atoms with Crippen molar-refractivity contribution in [2.24, 2.45) is 11.3 Å². The fourth-order valence-corrected chi connectivity index (χ4v) is 6.14. The van der Waals surface area contributed by atoms with E-state index in [-0.39, 0.29) is 25.4 Å². The van der Waals surface area contributed by atoms with Gasteiger partial charge in [-0.25, -0.2) is 14.8 Å². The first kappa shape index (κ1) is 34.0. The molecule has 1 saturated heterocycles. The molecule has 244 valence electrons. The van der Waals surface area contributed by atoms with Crippen LogP contribution >= 0.6 is 11.3 Å². The molecule has 3 heterocycles. The standard InChI is InChI=1S/C33H44N4O7S/c1-18(2)34-31-36-25(17-45-31)24-15-27(21-11-10-19(42-9)12-23(21)35-24)43-20-13-26(30(40)41)37(16-20)29(39)22(32(3,4)5)14-28(38)44-33(6,7)8/h10-12,15,17-18,20,22,26H,13-14,16H2,1-9H3,(H,34,36)(H,40,41)/t20-,22-,26+/m1/s1. The largest absolute Gasteiger partial charge is 0.497 e. The first-order valence-corrected chi connectivity index (χ1v) is 16.0. The minimum absolute atomic E-state index is 0.0468. The van der Waals surface area contributed by atoms with Crippen molar-refractivity contribution in [1.82, 2.24) is 14.9 Å². The van der Waals surface area contributed by atoms with E-state index in [0.29, 0.717) is 33.8 Å². The highest BCUT2D eigenvalue weighted by atomic mass is 32.1. The topological polar surface area (TPSA) is 140 Å². The third-order valence-corrected chi connectivity index (χ3v) is 8.19. The molecule has 0 radical (unpaired) electrons. The minimum atomic E-state index is -1.13. The van der Waals surface area contributed by atoms with Gasteiger partial charge in [-0.15, -0.1) is 11.3 Å². The number of carboxylic acid groups (broad SMARTS) is 1. The van der Waals surface area contributed by atoms with Crippen LogP contribution in [0.5, 0.6) is 11.5 Å². The van der Waals surface area contributed by atoms with Gasteiger partial charge in [-0.1, -0.05) is 20.8 Å². The number of amides is 1. The Morgan fingerprint density at radius 1 is 1.09 bits per heavy atom. The van der Waals surface area contributed by atoms with Gasteiger partial charge < -0.3 is 29.5 Å². The third-order valence-electron chi connectivity index (χ3n) is 7.42. The maximum atomic E-state index is 14.0. The number of rotatable bonds is 10. The summed E-state index contributed by atoms with van der Waals surface area (Å²) in [6.07, 6.45) is -0.694. The third kappa shape index (κ3) is 8.42. The van der Waals surface area contributed by atoms with Gasteiger partial charge in [0.15, 0.2) is 5.13 Å². The van der Waals surface area contributed by atoms with Gasteiger partial charge in [-0.3, -0.25) is 9.59 Å². The smallest absolute Gasteiger partial charge is 0.326 e. The van der Waals surface area contributed by atoms with Crippen molar-refractivity contribution in [2.75, 3.05) is 19.0 Å². The molecule has 0 unspecified atom stereocenters. The van der Waals surface area contributed by atoms with Crippen LogP contribution < -0.4 is 14.8 Å². The lowest BCUT2D eigenvalue weighted by Crippen LogP contribution is -2.47. The molecule has 0 spiro atoms. The molecule has 2 N–H and O–H groups in total. The number of fused-ring (bicyclic) bond motifs is 1. The number of thiazole rings is 1. The molecule has 11 nitrogen and oxygen atoms in total. The highest BCUT2D eigenvalue weighted by Gasteiger charge is 2.46. The van der Waals surface area contributed by atoms with E-state index in [2.05, 4.69) is 5.32 Å². The second-order valence-electron chi connectivity index (χ2n) is 13.8. The number of nitrogens with one attached hydrogen (secondary N) is 1. The summed E-state index contributed by atoms with van der Waals surface area (Å²) in [5, 5.41) is 16.8. The molecular weight excluding hydrogens is 596 g/mol. The molecule has 2 aromatic heterocycles. The molecule has 1 aliphatic rings. The van der Waals surface area contributed by atoms with Gasteiger partial charge in [0.1, 0.15) is 34.9 Å². The summed E-state index contributed by atoms with van der Waals surface area (Å²) >= 11 is 1.47. The monoisotopic (exact) mass is 640 g/mol. The fraction of sp³-hybridized carbons (Fsp3) is 0.545. The Labute approximate surface area is 268 Å². The normalized spacial score (nSPS) is 17.8. The number of aromatic nitrogens is 2. The van der Waals surface area contributed by atoms with Gasteiger partial charge in [0.05, 0.1) is 37.2 Å². The fourth-order valence-electron chi connectivity index (χ4n) is 5.29. The van der Waals surface area contributed by atoms with Crippen molar-refractivity contribution < 1.29 is 33.7 Å². The quantitative estimate of drug-likeness (QED) is 0.253. The van der Waals surface area contributed by atoms with Crippen LogP contribution in [0, 0.1) is 11.3 Å². The molecule has 45 heavy (non-hydrogen) atoms. The van der Waals surface area contributed by atoms with Gasteiger partial charge in [-0.2, -0.15) is 0 Å². The van der Waals surface area contributed by atoms with Crippen molar-refractivity contribution in [3.05, 3.63) is 29.6 Å². The molecule has 1 aromatic carbocycles. The second-order valence-corrected chi connectivity index (χ2v) is 14.6. The van der Waals surface area contributed by atoms with Crippen LogP contribution in [0.3, 0.4) is 0 Å². The second kappa shape index (κ2) is 13.2. The van der Waals surface area contributed by atoms with Gasteiger partial charge in [0.25, 0.3) is 0 Å². The number of likely N-dealkylation sites (tertiary alicyclic amines) is 1. The van der Waals surface area contributed by atoms with Gasteiger partial charge in [-0.05, 0) is 52.2 Å². The minimum Gasteiger partial charge on any atom is -0.497 e. The summed E-state index contributed by atoms with van der Waals surface area (Å²) < 4.78 is 17.4. The number of nitrogens with zero attached hydrogens (tertiary/aromatic N) is 3. The number of hydrogen-bond acceptors (Lipinski definition) is 10. The van der Waals surface area contributed by atoms with Gasteiger partial charge in [0, 0.05) is 35.4 Å². The SMILES string of the molecule is COc1ccc2c(O[C@@H]3C[C@@H](C(=O)O)N(C(=O)[C@@H](CC(=O)OC(C)(C)C)C(C)(C)C)C3)cc(-c3csc(NC(C)C)n3)nc2c1. The molecule has 1 amide bonds. The van der Waals surface area contributed by atoms with Crippen LogP contribution in [0.15, 0.2) is 29.6 Å².